The molecule has 1 fully saturated rings. The Hall–Kier alpha value is -0.220. The van der Waals surface area contributed by atoms with Crippen LogP contribution in [-0.2, 0) is 0 Å². The van der Waals surface area contributed by atoms with Crippen molar-refractivity contribution in [2.45, 2.75) is 6.05 Å². The summed E-state index contributed by atoms with van der Waals surface area (Å²) in [5.74, 6) is 0. The third-order valence-corrected chi connectivity index (χ3v) is 1.52. The fraction of sp³-hybridized carbons (Fsp3) is 1.00. The Labute approximate surface area is 52.8 Å². The molecule has 0 amide bonds. The number of nitrogens with one attached hydrogen (secondary N) is 1. The highest BCUT2D eigenvalue weighted by molar-refractivity contribution is 4.74. The van der Waals surface area contributed by atoms with Crippen LogP contribution in [0.5, 0.6) is 0 Å². The van der Waals surface area contributed by atoms with Crippen molar-refractivity contribution in [1.29, 1.82) is 0 Å². The minimum Gasteiger partial charge on any atom is -0.309 e. The number of alkyl halides is 2. The molecule has 2 nitrogen and oxygen atoms in total. The molecule has 1 N–H and O–H groups in total. The first-order valence-corrected chi connectivity index (χ1v) is 2.93. The first-order chi connectivity index (χ1) is 4.13. The van der Waals surface area contributed by atoms with E-state index in [1.807, 2.05) is 0 Å². The Kier molecular flexibility index (Phi) is 1.68. The molecule has 0 unspecified atom stereocenters. The average Bonchev–Trinajstić information content (AvgIpc) is 1.77. The van der Waals surface area contributed by atoms with E-state index in [9.17, 15) is 8.78 Å². The van der Waals surface area contributed by atoms with Gasteiger partial charge in [-0.25, -0.2) is 4.90 Å². The summed E-state index contributed by atoms with van der Waals surface area (Å²) >= 11 is 0. The van der Waals surface area contributed by atoms with Crippen LogP contribution >= 0.6 is 0 Å². The molecule has 1 heterocycles. The predicted molar refractivity (Wildman–Crippen MR) is 30.4 cm³/mol. The summed E-state index contributed by atoms with van der Waals surface area (Å²) < 4.78 is 24.9. The summed E-state index contributed by atoms with van der Waals surface area (Å²) in [7, 11) is 1.43. The molecule has 0 aromatic carbocycles. The summed E-state index contributed by atoms with van der Waals surface area (Å²) in [5, 5.41) is 2.61. The van der Waals surface area contributed by atoms with Crippen molar-refractivity contribution in [2.24, 2.45) is 0 Å². The van der Waals surface area contributed by atoms with Crippen molar-refractivity contribution in [1.82, 2.24) is 10.2 Å². The third kappa shape index (κ3) is 1.37. The van der Waals surface area contributed by atoms with Crippen LogP contribution in [0.2, 0.25) is 0 Å². The SMILES string of the molecule is CN1CCNCC1(F)F. The number of hydrogen-bond acceptors (Lipinski definition) is 2. The van der Waals surface area contributed by atoms with Gasteiger partial charge in [0.15, 0.2) is 0 Å². The Morgan fingerprint density at radius 1 is 1.56 bits per heavy atom. The van der Waals surface area contributed by atoms with Crippen LogP contribution < -0.4 is 5.32 Å². The average molecular weight is 136 g/mol. The van der Waals surface area contributed by atoms with Crippen LogP contribution in [-0.4, -0.2) is 37.6 Å². The van der Waals surface area contributed by atoms with E-state index < -0.39 is 6.05 Å². The largest absolute Gasteiger partial charge is 0.316 e. The fourth-order valence-electron chi connectivity index (χ4n) is 0.784. The molecule has 4 heteroatoms. The van der Waals surface area contributed by atoms with Crippen LogP contribution in [0.3, 0.4) is 0 Å². The van der Waals surface area contributed by atoms with E-state index in [1.54, 1.807) is 0 Å². The van der Waals surface area contributed by atoms with Gasteiger partial charge in [-0.3, -0.25) is 0 Å². The molecule has 0 bridgehead atoms. The number of halogens is 2. The molecule has 1 rings (SSSR count). The van der Waals surface area contributed by atoms with E-state index in [2.05, 4.69) is 5.32 Å². The second kappa shape index (κ2) is 2.19. The monoisotopic (exact) mass is 136 g/mol. The van der Waals surface area contributed by atoms with Gasteiger partial charge < -0.3 is 5.32 Å². The number of rotatable bonds is 0. The first kappa shape index (κ1) is 6.89. The highest BCUT2D eigenvalue weighted by Crippen LogP contribution is 2.17. The smallest absolute Gasteiger partial charge is 0.309 e. The maximum absolute atomic E-state index is 12.5. The van der Waals surface area contributed by atoms with Crippen LogP contribution in [0.15, 0.2) is 0 Å². The molecule has 0 spiro atoms. The lowest BCUT2D eigenvalue weighted by Gasteiger charge is -2.32. The van der Waals surface area contributed by atoms with Crippen molar-refractivity contribution in [3.05, 3.63) is 0 Å². The highest BCUT2D eigenvalue weighted by Gasteiger charge is 2.35. The zero-order chi connectivity index (χ0) is 6.91. The van der Waals surface area contributed by atoms with Crippen LogP contribution in [0.1, 0.15) is 0 Å². The maximum Gasteiger partial charge on any atom is 0.316 e. The summed E-state index contributed by atoms with van der Waals surface area (Å²) in [6.07, 6.45) is 0. The maximum atomic E-state index is 12.5. The van der Waals surface area contributed by atoms with Crippen molar-refractivity contribution >= 4 is 0 Å². The number of hydrogen-bond donors (Lipinski definition) is 1. The van der Waals surface area contributed by atoms with Crippen molar-refractivity contribution < 1.29 is 8.78 Å². The highest BCUT2D eigenvalue weighted by atomic mass is 19.3. The van der Waals surface area contributed by atoms with Gasteiger partial charge in [-0.1, -0.05) is 0 Å². The standard InChI is InChI=1S/C5H10F2N2/c1-9-3-2-8-4-5(9,6)7/h8H,2-4H2,1H3. The minimum absolute atomic E-state index is 0.219. The van der Waals surface area contributed by atoms with E-state index >= 15 is 0 Å². The second-order valence-corrected chi connectivity index (χ2v) is 2.26. The molecule has 0 aromatic heterocycles. The van der Waals surface area contributed by atoms with Gasteiger partial charge >= 0.3 is 6.05 Å². The van der Waals surface area contributed by atoms with Crippen LogP contribution in [0, 0.1) is 0 Å². The van der Waals surface area contributed by atoms with Gasteiger partial charge in [0.2, 0.25) is 0 Å². The molecule has 9 heavy (non-hydrogen) atoms. The van der Waals surface area contributed by atoms with Crippen LogP contribution in [0.25, 0.3) is 0 Å². The van der Waals surface area contributed by atoms with Crippen LogP contribution in [0.4, 0.5) is 8.78 Å². The second-order valence-electron chi connectivity index (χ2n) is 2.26. The van der Waals surface area contributed by atoms with Crippen molar-refractivity contribution in [3.63, 3.8) is 0 Å². The number of likely N-dealkylation sites (N-methyl/N-ethyl adjacent to an activating group) is 1. The zero-order valence-corrected chi connectivity index (χ0v) is 5.32. The van der Waals surface area contributed by atoms with Gasteiger partial charge in [0.1, 0.15) is 0 Å². The number of piperazine rings is 1. The Bertz CT molecular complexity index is 105. The molecule has 54 valence electrons. The summed E-state index contributed by atoms with van der Waals surface area (Å²) in [6.45, 7) is 0.864. The molecular weight excluding hydrogens is 126 g/mol. The Morgan fingerprint density at radius 2 is 2.22 bits per heavy atom. The normalized spacial score (nSPS) is 28.3. The van der Waals surface area contributed by atoms with E-state index in [4.69, 9.17) is 0 Å². The van der Waals surface area contributed by atoms with Gasteiger partial charge in [-0.2, -0.15) is 8.78 Å². The lowest BCUT2D eigenvalue weighted by molar-refractivity contribution is -0.143. The van der Waals surface area contributed by atoms with Gasteiger partial charge in [0, 0.05) is 13.1 Å². The third-order valence-electron chi connectivity index (χ3n) is 1.52. The summed E-state index contributed by atoms with van der Waals surface area (Å²) in [4.78, 5) is 1.06. The van der Waals surface area contributed by atoms with Gasteiger partial charge in [0.25, 0.3) is 0 Å². The van der Waals surface area contributed by atoms with E-state index in [1.165, 1.54) is 7.05 Å². The molecule has 0 aliphatic carbocycles. The van der Waals surface area contributed by atoms with E-state index in [0.717, 1.165) is 4.90 Å². The fourth-order valence-corrected chi connectivity index (χ4v) is 0.784. The zero-order valence-electron chi connectivity index (χ0n) is 5.32. The van der Waals surface area contributed by atoms with Gasteiger partial charge in [0.05, 0.1) is 6.54 Å². The van der Waals surface area contributed by atoms with Gasteiger partial charge in [-0.05, 0) is 7.05 Å². The molecule has 0 radical (unpaired) electrons. The number of nitrogens with zero attached hydrogens (tertiary/aromatic N) is 1. The van der Waals surface area contributed by atoms with Crippen molar-refractivity contribution in [3.8, 4) is 0 Å². The quantitative estimate of drug-likeness (QED) is 0.476. The molecular formula is C5H10F2N2. The molecule has 1 aliphatic heterocycles. The summed E-state index contributed by atoms with van der Waals surface area (Å²) in [5.41, 5.74) is 0. The van der Waals surface area contributed by atoms with E-state index in [-0.39, 0.29) is 6.54 Å². The molecule has 0 aromatic rings. The Balaban J connectivity index is 2.49. The summed E-state index contributed by atoms with van der Waals surface area (Å²) in [6, 6.07) is -2.64. The molecule has 0 atom stereocenters. The molecule has 1 aliphatic rings. The lowest BCUT2D eigenvalue weighted by atomic mass is 10.3. The Morgan fingerprint density at radius 3 is 2.56 bits per heavy atom. The van der Waals surface area contributed by atoms with E-state index in [0.29, 0.717) is 13.1 Å². The van der Waals surface area contributed by atoms with Gasteiger partial charge in [-0.15, -0.1) is 0 Å². The first-order valence-electron chi connectivity index (χ1n) is 2.93. The predicted octanol–water partition coefficient (Wildman–Crippen LogP) is 0.114. The topological polar surface area (TPSA) is 15.3 Å². The van der Waals surface area contributed by atoms with Crippen molar-refractivity contribution in [2.75, 3.05) is 26.7 Å². The lowest BCUT2D eigenvalue weighted by Crippen LogP contribution is -2.54. The minimum atomic E-state index is -2.64. The molecule has 1 saturated heterocycles. The molecule has 0 saturated carbocycles.